The first kappa shape index (κ1) is 16.4. The Kier molecular flexibility index (Phi) is 6.75. The number of methoxy groups -OCH3 is 1. The molecule has 1 aliphatic rings. The van der Waals surface area contributed by atoms with Gasteiger partial charge in [-0.1, -0.05) is 6.92 Å². The summed E-state index contributed by atoms with van der Waals surface area (Å²) in [5, 5.41) is 9.12. The van der Waals surface area contributed by atoms with E-state index in [0.29, 0.717) is 32.2 Å². The van der Waals surface area contributed by atoms with Crippen molar-refractivity contribution < 1.29 is 14.6 Å². The molecule has 3 N–H and O–H groups in total. The van der Waals surface area contributed by atoms with Crippen LogP contribution in [0.4, 0.5) is 0 Å². The third-order valence-corrected chi connectivity index (χ3v) is 4.30. The van der Waals surface area contributed by atoms with Gasteiger partial charge in [0.1, 0.15) is 0 Å². The lowest BCUT2D eigenvalue weighted by molar-refractivity contribution is -0.145. The Morgan fingerprint density at radius 2 is 2.05 bits per heavy atom. The highest BCUT2D eigenvalue weighted by Crippen LogP contribution is 2.39. The molecule has 0 bridgehead atoms. The molecule has 1 aliphatic carbocycles. The minimum Gasteiger partial charge on any atom is -0.395 e. The van der Waals surface area contributed by atoms with Crippen LogP contribution in [-0.4, -0.2) is 55.9 Å². The van der Waals surface area contributed by atoms with Gasteiger partial charge in [0.2, 0.25) is 5.91 Å². The Morgan fingerprint density at radius 1 is 1.42 bits per heavy atom. The molecule has 19 heavy (non-hydrogen) atoms. The number of nitrogens with zero attached hydrogens (tertiary/aromatic N) is 1. The average Bonchev–Trinajstić information content (AvgIpc) is 2.44. The summed E-state index contributed by atoms with van der Waals surface area (Å²) in [7, 11) is 1.61. The standard InChI is InChI=1S/C14H28N2O3/c1-12-3-5-14(11-15,6-4-12)13(18)16(7-9-17)8-10-19-2/h12,17H,3-11,15H2,1-2H3. The second-order valence-electron chi connectivity index (χ2n) is 5.68. The van der Waals surface area contributed by atoms with Gasteiger partial charge in [-0.05, 0) is 31.6 Å². The van der Waals surface area contributed by atoms with Gasteiger partial charge in [-0.15, -0.1) is 0 Å². The summed E-state index contributed by atoms with van der Waals surface area (Å²) in [6, 6.07) is 0. The quantitative estimate of drug-likeness (QED) is 0.712. The summed E-state index contributed by atoms with van der Waals surface area (Å²) in [5.41, 5.74) is 5.48. The van der Waals surface area contributed by atoms with Gasteiger partial charge < -0.3 is 20.5 Å². The van der Waals surface area contributed by atoms with E-state index in [-0.39, 0.29) is 12.5 Å². The first-order valence-electron chi connectivity index (χ1n) is 7.19. The van der Waals surface area contributed by atoms with Gasteiger partial charge in [0.25, 0.3) is 0 Å². The molecule has 5 heteroatoms. The highest BCUT2D eigenvalue weighted by Gasteiger charge is 2.41. The van der Waals surface area contributed by atoms with Crippen molar-refractivity contribution in [2.24, 2.45) is 17.1 Å². The van der Waals surface area contributed by atoms with E-state index < -0.39 is 5.41 Å². The molecule has 0 spiro atoms. The summed E-state index contributed by atoms with van der Waals surface area (Å²) < 4.78 is 5.03. The Hall–Kier alpha value is -0.650. The summed E-state index contributed by atoms with van der Waals surface area (Å²) in [6.07, 6.45) is 3.83. The van der Waals surface area contributed by atoms with Crippen molar-refractivity contribution in [3.63, 3.8) is 0 Å². The van der Waals surface area contributed by atoms with Crippen LogP contribution in [0, 0.1) is 11.3 Å². The lowest BCUT2D eigenvalue weighted by atomic mass is 9.70. The summed E-state index contributed by atoms with van der Waals surface area (Å²) >= 11 is 0. The molecule has 1 saturated carbocycles. The fourth-order valence-electron chi connectivity index (χ4n) is 2.79. The Balaban J connectivity index is 2.73. The highest BCUT2D eigenvalue weighted by molar-refractivity contribution is 5.83. The molecule has 0 aromatic rings. The molecule has 0 saturated heterocycles. The molecule has 0 unspecified atom stereocenters. The molecule has 0 heterocycles. The Bertz CT molecular complexity index is 276. The average molecular weight is 272 g/mol. The summed E-state index contributed by atoms with van der Waals surface area (Å²) in [5.74, 6) is 0.769. The molecule has 0 aromatic carbocycles. The fraction of sp³-hybridized carbons (Fsp3) is 0.929. The van der Waals surface area contributed by atoms with Gasteiger partial charge in [-0.25, -0.2) is 0 Å². The molecule has 1 rings (SSSR count). The third-order valence-electron chi connectivity index (χ3n) is 4.30. The van der Waals surface area contributed by atoms with Gasteiger partial charge >= 0.3 is 0 Å². The number of aliphatic hydroxyl groups excluding tert-OH is 1. The number of aliphatic hydroxyl groups is 1. The summed E-state index contributed by atoms with van der Waals surface area (Å²) in [4.78, 5) is 14.4. The molecule has 1 fully saturated rings. The first-order valence-corrected chi connectivity index (χ1v) is 7.19. The number of nitrogens with two attached hydrogens (primary N) is 1. The second kappa shape index (κ2) is 7.82. The normalized spacial score (nSPS) is 27.3. The zero-order valence-corrected chi connectivity index (χ0v) is 12.2. The van der Waals surface area contributed by atoms with Crippen LogP contribution < -0.4 is 5.73 Å². The van der Waals surface area contributed by atoms with E-state index in [2.05, 4.69) is 6.92 Å². The van der Waals surface area contributed by atoms with Crippen LogP contribution in [0.2, 0.25) is 0 Å². The largest absolute Gasteiger partial charge is 0.395 e. The van der Waals surface area contributed by atoms with Crippen LogP contribution in [0.15, 0.2) is 0 Å². The van der Waals surface area contributed by atoms with Crippen LogP contribution in [0.25, 0.3) is 0 Å². The minimum absolute atomic E-state index is 0.0213. The van der Waals surface area contributed by atoms with Crippen molar-refractivity contribution in [2.45, 2.75) is 32.6 Å². The molecule has 112 valence electrons. The zero-order chi connectivity index (χ0) is 14.3. The van der Waals surface area contributed by atoms with Gasteiger partial charge in [0.05, 0.1) is 18.6 Å². The van der Waals surface area contributed by atoms with E-state index >= 15 is 0 Å². The number of carbonyl (C=O) groups is 1. The van der Waals surface area contributed by atoms with Gasteiger partial charge in [0, 0.05) is 26.7 Å². The monoisotopic (exact) mass is 272 g/mol. The number of ether oxygens (including phenoxy) is 1. The van der Waals surface area contributed by atoms with Crippen LogP contribution in [0.5, 0.6) is 0 Å². The van der Waals surface area contributed by atoms with Gasteiger partial charge in [0.15, 0.2) is 0 Å². The van der Waals surface area contributed by atoms with E-state index in [1.54, 1.807) is 12.0 Å². The molecule has 0 atom stereocenters. The first-order chi connectivity index (χ1) is 9.09. The van der Waals surface area contributed by atoms with Crippen molar-refractivity contribution in [1.82, 2.24) is 4.90 Å². The van der Waals surface area contributed by atoms with Crippen LogP contribution in [-0.2, 0) is 9.53 Å². The van der Waals surface area contributed by atoms with Crippen LogP contribution >= 0.6 is 0 Å². The molecule has 1 amide bonds. The van der Waals surface area contributed by atoms with E-state index in [4.69, 9.17) is 15.6 Å². The van der Waals surface area contributed by atoms with Crippen LogP contribution in [0.3, 0.4) is 0 Å². The highest BCUT2D eigenvalue weighted by atomic mass is 16.5. The molecule has 0 aliphatic heterocycles. The van der Waals surface area contributed by atoms with E-state index in [1.165, 1.54) is 0 Å². The predicted octanol–water partition coefficient (Wildman–Crippen LogP) is 0.609. The van der Waals surface area contributed by atoms with Gasteiger partial charge in [-0.3, -0.25) is 4.79 Å². The molecular formula is C14H28N2O3. The van der Waals surface area contributed by atoms with E-state index in [0.717, 1.165) is 25.7 Å². The minimum atomic E-state index is -0.421. The number of hydrogen-bond acceptors (Lipinski definition) is 4. The number of amides is 1. The van der Waals surface area contributed by atoms with E-state index in [9.17, 15) is 4.79 Å². The Morgan fingerprint density at radius 3 is 2.53 bits per heavy atom. The second-order valence-corrected chi connectivity index (χ2v) is 5.68. The predicted molar refractivity (Wildman–Crippen MR) is 74.7 cm³/mol. The van der Waals surface area contributed by atoms with Crippen molar-refractivity contribution in [3.8, 4) is 0 Å². The van der Waals surface area contributed by atoms with Crippen molar-refractivity contribution in [1.29, 1.82) is 0 Å². The Labute approximate surface area is 116 Å². The molecular weight excluding hydrogens is 244 g/mol. The van der Waals surface area contributed by atoms with Crippen molar-refractivity contribution >= 4 is 5.91 Å². The maximum atomic E-state index is 12.7. The maximum Gasteiger partial charge on any atom is 0.230 e. The number of rotatable bonds is 7. The fourth-order valence-corrected chi connectivity index (χ4v) is 2.79. The van der Waals surface area contributed by atoms with Crippen molar-refractivity contribution in [3.05, 3.63) is 0 Å². The maximum absolute atomic E-state index is 12.7. The van der Waals surface area contributed by atoms with Crippen LogP contribution in [0.1, 0.15) is 32.6 Å². The topological polar surface area (TPSA) is 75.8 Å². The van der Waals surface area contributed by atoms with Crippen molar-refractivity contribution in [2.75, 3.05) is 40.0 Å². The third kappa shape index (κ3) is 4.16. The SMILES string of the molecule is COCCN(CCO)C(=O)C1(CN)CCC(C)CC1. The molecule has 0 aromatic heterocycles. The zero-order valence-electron chi connectivity index (χ0n) is 12.2. The smallest absolute Gasteiger partial charge is 0.230 e. The van der Waals surface area contributed by atoms with Gasteiger partial charge in [-0.2, -0.15) is 0 Å². The molecule has 5 nitrogen and oxygen atoms in total. The van der Waals surface area contributed by atoms with E-state index in [1.807, 2.05) is 0 Å². The lowest BCUT2D eigenvalue weighted by Gasteiger charge is -2.40. The number of carbonyl (C=O) groups excluding carboxylic acids is 1. The molecule has 0 radical (unpaired) electrons. The lowest BCUT2D eigenvalue weighted by Crippen LogP contribution is -2.51. The number of hydrogen-bond donors (Lipinski definition) is 2. The summed E-state index contributed by atoms with van der Waals surface area (Å²) in [6.45, 7) is 3.97.